The minimum Gasteiger partial charge on any atom is -0.396 e. The molecule has 0 radical (unpaired) electrons. The zero-order chi connectivity index (χ0) is 11.3. The molecule has 0 aromatic rings. The molecule has 90 valence electrons. The maximum absolute atomic E-state index is 9.17. The Morgan fingerprint density at radius 3 is 2.53 bits per heavy atom. The normalized spacial score (nSPS) is 27.2. The zero-order valence-electron chi connectivity index (χ0n) is 10.3. The van der Waals surface area contributed by atoms with Crippen molar-refractivity contribution in [3.8, 4) is 0 Å². The van der Waals surface area contributed by atoms with E-state index in [1.165, 1.54) is 19.3 Å². The van der Waals surface area contributed by atoms with Crippen LogP contribution >= 0.6 is 0 Å². The predicted octanol–water partition coefficient (Wildman–Crippen LogP) is 1.13. The molecule has 3 N–H and O–H groups in total. The first-order valence-corrected chi connectivity index (χ1v) is 6.12. The van der Waals surface area contributed by atoms with Crippen molar-refractivity contribution in [2.45, 2.75) is 51.6 Å². The summed E-state index contributed by atoms with van der Waals surface area (Å²) < 4.78 is 0. The van der Waals surface area contributed by atoms with Gasteiger partial charge in [0.1, 0.15) is 0 Å². The molecule has 0 bridgehead atoms. The van der Waals surface area contributed by atoms with Crippen LogP contribution in [0.5, 0.6) is 0 Å². The summed E-state index contributed by atoms with van der Waals surface area (Å²) in [5.74, 6) is 0.486. The van der Waals surface area contributed by atoms with Crippen molar-refractivity contribution in [1.29, 1.82) is 0 Å². The highest BCUT2D eigenvalue weighted by Gasteiger charge is 2.25. The lowest BCUT2D eigenvalue weighted by Gasteiger charge is -2.23. The van der Waals surface area contributed by atoms with Crippen molar-refractivity contribution in [2.75, 3.05) is 19.7 Å². The molecule has 15 heavy (non-hydrogen) atoms. The van der Waals surface area contributed by atoms with Gasteiger partial charge < -0.3 is 15.7 Å². The highest BCUT2D eigenvalue weighted by molar-refractivity contribution is 4.83. The molecule has 1 aliphatic carbocycles. The lowest BCUT2D eigenvalue weighted by molar-refractivity contribution is 0.205. The van der Waals surface area contributed by atoms with Crippen LogP contribution in [0.4, 0.5) is 0 Å². The largest absolute Gasteiger partial charge is 0.396 e. The molecule has 1 aliphatic rings. The van der Waals surface area contributed by atoms with Gasteiger partial charge in [-0.05, 0) is 39.5 Å². The second-order valence-electron chi connectivity index (χ2n) is 5.61. The lowest BCUT2D eigenvalue weighted by Crippen LogP contribution is -2.43. The van der Waals surface area contributed by atoms with Crippen LogP contribution in [0, 0.1) is 5.92 Å². The first-order valence-electron chi connectivity index (χ1n) is 6.12. The Balaban J connectivity index is 2.09. The van der Waals surface area contributed by atoms with Crippen molar-refractivity contribution in [1.82, 2.24) is 10.6 Å². The Hall–Kier alpha value is -0.120. The van der Waals surface area contributed by atoms with E-state index in [9.17, 15) is 0 Å². The highest BCUT2D eigenvalue weighted by Crippen LogP contribution is 2.24. The van der Waals surface area contributed by atoms with Crippen molar-refractivity contribution < 1.29 is 5.11 Å². The van der Waals surface area contributed by atoms with Crippen LogP contribution in [0.15, 0.2) is 0 Å². The van der Waals surface area contributed by atoms with Gasteiger partial charge in [-0.3, -0.25) is 0 Å². The van der Waals surface area contributed by atoms with Crippen LogP contribution in [0.1, 0.15) is 40.0 Å². The fraction of sp³-hybridized carbons (Fsp3) is 1.00. The van der Waals surface area contributed by atoms with Crippen LogP contribution in [-0.4, -0.2) is 36.4 Å². The van der Waals surface area contributed by atoms with Crippen molar-refractivity contribution in [3.63, 3.8) is 0 Å². The molecule has 3 heteroatoms. The average molecular weight is 214 g/mol. The molecule has 1 rings (SSSR count). The third-order valence-corrected chi connectivity index (χ3v) is 3.08. The van der Waals surface area contributed by atoms with E-state index in [2.05, 4.69) is 31.4 Å². The van der Waals surface area contributed by atoms with Gasteiger partial charge in [-0.15, -0.1) is 0 Å². The molecule has 0 amide bonds. The molecule has 3 nitrogen and oxygen atoms in total. The summed E-state index contributed by atoms with van der Waals surface area (Å²) in [4.78, 5) is 0. The minimum atomic E-state index is 0.202. The fourth-order valence-corrected chi connectivity index (χ4v) is 2.22. The van der Waals surface area contributed by atoms with E-state index in [0.29, 0.717) is 18.6 Å². The highest BCUT2D eigenvalue weighted by atomic mass is 16.3. The van der Waals surface area contributed by atoms with Gasteiger partial charge >= 0.3 is 0 Å². The molecular weight excluding hydrogens is 188 g/mol. The topological polar surface area (TPSA) is 44.3 Å². The van der Waals surface area contributed by atoms with E-state index in [1.54, 1.807) is 0 Å². The average Bonchev–Trinajstić information content (AvgIpc) is 2.58. The third-order valence-electron chi connectivity index (χ3n) is 3.08. The zero-order valence-corrected chi connectivity index (χ0v) is 10.3. The molecule has 0 aromatic heterocycles. The number of hydrogen-bond donors (Lipinski definition) is 3. The number of hydrogen-bond acceptors (Lipinski definition) is 3. The minimum absolute atomic E-state index is 0.202. The Bertz CT molecular complexity index is 177. The summed E-state index contributed by atoms with van der Waals surface area (Å²) >= 11 is 0. The summed E-state index contributed by atoms with van der Waals surface area (Å²) in [6.07, 6.45) is 3.66. The second kappa shape index (κ2) is 5.83. The van der Waals surface area contributed by atoms with Gasteiger partial charge in [0.05, 0.1) is 0 Å². The molecule has 0 saturated heterocycles. The van der Waals surface area contributed by atoms with E-state index >= 15 is 0 Å². The van der Waals surface area contributed by atoms with Crippen molar-refractivity contribution >= 4 is 0 Å². The van der Waals surface area contributed by atoms with E-state index in [0.717, 1.165) is 13.1 Å². The Morgan fingerprint density at radius 2 is 1.93 bits per heavy atom. The van der Waals surface area contributed by atoms with Gasteiger partial charge in [-0.25, -0.2) is 0 Å². The summed E-state index contributed by atoms with van der Waals surface area (Å²) in [6, 6.07) is 0.539. The number of aliphatic hydroxyl groups is 1. The van der Waals surface area contributed by atoms with E-state index in [-0.39, 0.29) is 5.54 Å². The van der Waals surface area contributed by atoms with Crippen molar-refractivity contribution in [3.05, 3.63) is 0 Å². The molecule has 0 aromatic carbocycles. The van der Waals surface area contributed by atoms with E-state index in [4.69, 9.17) is 5.11 Å². The smallest absolute Gasteiger partial charge is 0.0474 e. The van der Waals surface area contributed by atoms with Crippen LogP contribution in [-0.2, 0) is 0 Å². The molecule has 0 heterocycles. The molecule has 1 saturated carbocycles. The van der Waals surface area contributed by atoms with Crippen LogP contribution in [0.25, 0.3) is 0 Å². The lowest BCUT2D eigenvalue weighted by atomic mass is 10.1. The van der Waals surface area contributed by atoms with Gasteiger partial charge in [-0.1, -0.05) is 6.42 Å². The van der Waals surface area contributed by atoms with Gasteiger partial charge in [-0.2, -0.15) is 0 Å². The summed E-state index contributed by atoms with van der Waals surface area (Å²) in [5, 5.41) is 16.2. The monoisotopic (exact) mass is 214 g/mol. The fourth-order valence-electron chi connectivity index (χ4n) is 2.22. The standard InChI is InChI=1S/C12H26N2O/c1-12(2,3)14-8-7-13-11-6-4-5-10(11)9-15/h10-11,13-15H,4-9H2,1-3H3. The first-order chi connectivity index (χ1) is 7.03. The number of rotatable bonds is 5. The maximum Gasteiger partial charge on any atom is 0.0474 e. The van der Waals surface area contributed by atoms with Crippen LogP contribution < -0.4 is 10.6 Å². The molecule has 1 fully saturated rings. The number of aliphatic hydroxyl groups excluding tert-OH is 1. The van der Waals surface area contributed by atoms with Crippen LogP contribution in [0.3, 0.4) is 0 Å². The van der Waals surface area contributed by atoms with Crippen molar-refractivity contribution in [2.24, 2.45) is 5.92 Å². The summed E-state index contributed by atoms with van der Waals surface area (Å²) in [5.41, 5.74) is 0.202. The Morgan fingerprint density at radius 1 is 1.20 bits per heavy atom. The predicted molar refractivity (Wildman–Crippen MR) is 64.0 cm³/mol. The number of nitrogens with one attached hydrogen (secondary N) is 2. The quantitative estimate of drug-likeness (QED) is 0.601. The molecule has 2 unspecified atom stereocenters. The third kappa shape index (κ3) is 4.96. The molecule has 0 spiro atoms. The SMILES string of the molecule is CC(C)(C)NCCNC1CCCC1CO. The summed E-state index contributed by atoms with van der Waals surface area (Å²) in [7, 11) is 0. The maximum atomic E-state index is 9.17. The Labute approximate surface area is 93.6 Å². The Kier molecular flexibility index (Phi) is 5.03. The van der Waals surface area contributed by atoms with E-state index in [1.807, 2.05) is 0 Å². The molecule has 2 atom stereocenters. The van der Waals surface area contributed by atoms with Gasteiger partial charge in [0.2, 0.25) is 0 Å². The van der Waals surface area contributed by atoms with E-state index < -0.39 is 0 Å². The van der Waals surface area contributed by atoms with Crippen LogP contribution in [0.2, 0.25) is 0 Å². The first kappa shape index (κ1) is 12.9. The van der Waals surface area contributed by atoms with Gasteiger partial charge in [0.25, 0.3) is 0 Å². The second-order valence-corrected chi connectivity index (χ2v) is 5.61. The summed E-state index contributed by atoms with van der Waals surface area (Å²) in [6.45, 7) is 8.87. The molecular formula is C12H26N2O. The van der Waals surface area contributed by atoms with Gasteiger partial charge in [0, 0.05) is 31.3 Å². The molecule has 0 aliphatic heterocycles. The van der Waals surface area contributed by atoms with Gasteiger partial charge in [0.15, 0.2) is 0 Å².